The molecule has 0 aromatic heterocycles. The number of ether oxygens (including phenoxy) is 2. The standard InChI is InChI=1S/C18H20Cl2N2O5S/c1-11(18(23)21-10-12-4-5-13(19)8-15(12)20)22-28(24,25)14-6-7-16(26-2)17(9-14)27-3/h4-9,11,22H,10H2,1-3H3,(H,21,23). The van der Waals surface area contributed by atoms with E-state index >= 15 is 0 Å². The second kappa shape index (κ2) is 9.47. The maximum Gasteiger partial charge on any atom is 0.241 e. The van der Waals surface area contributed by atoms with E-state index in [1.54, 1.807) is 18.2 Å². The van der Waals surface area contributed by atoms with Crippen molar-refractivity contribution in [1.82, 2.24) is 10.0 Å². The third kappa shape index (κ3) is 5.51. The van der Waals surface area contributed by atoms with Gasteiger partial charge in [0.05, 0.1) is 25.2 Å². The van der Waals surface area contributed by atoms with Crippen LogP contribution < -0.4 is 19.5 Å². The van der Waals surface area contributed by atoms with Gasteiger partial charge in [-0.15, -0.1) is 0 Å². The molecule has 28 heavy (non-hydrogen) atoms. The van der Waals surface area contributed by atoms with Gasteiger partial charge < -0.3 is 14.8 Å². The van der Waals surface area contributed by atoms with Gasteiger partial charge in [0, 0.05) is 22.7 Å². The van der Waals surface area contributed by atoms with Gasteiger partial charge in [-0.05, 0) is 36.8 Å². The predicted octanol–water partition coefficient (Wildman–Crippen LogP) is 2.99. The molecule has 1 unspecified atom stereocenters. The van der Waals surface area contributed by atoms with Crippen molar-refractivity contribution in [3.63, 3.8) is 0 Å². The van der Waals surface area contributed by atoms with Crippen LogP contribution in [0.5, 0.6) is 11.5 Å². The van der Waals surface area contributed by atoms with E-state index in [0.29, 0.717) is 21.4 Å². The Kier molecular flexibility index (Phi) is 7.54. The number of sulfonamides is 1. The Morgan fingerprint density at radius 1 is 1.07 bits per heavy atom. The molecule has 0 bridgehead atoms. The van der Waals surface area contributed by atoms with Crippen LogP contribution in [-0.2, 0) is 21.4 Å². The molecule has 152 valence electrons. The summed E-state index contributed by atoms with van der Waals surface area (Å²) in [5.41, 5.74) is 0.661. The first-order chi connectivity index (χ1) is 13.2. The summed E-state index contributed by atoms with van der Waals surface area (Å²) >= 11 is 11.9. The zero-order valence-corrected chi connectivity index (χ0v) is 17.8. The molecule has 2 aromatic rings. The van der Waals surface area contributed by atoms with Crippen LogP contribution in [0, 0.1) is 0 Å². The van der Waals surface area contributed by atoms with Crippen molar-refractivity contribution >= 4 is 39.1 Å². The first kappa shape index (κ1) is 22.3. The molecule has 1 amide bonds. The fraction of sp³-hybridized carbons (Fsp3) is 0.278. The molecule has 0 aliphatic carbocycles. The first-order valence-electron chi connectivity index (χ1n) is 8.14. The Bertz CT molecular complexity index is 966. The number of carbonyl (C=O) groups is 1. The zero-order chi connectivity index (χ0) is 20.9. The average Bonchev–Trinajstić information content (AvgIpc) is 2.66. The van der Waals surface area contributed by atoms with Crippen LogP contribution in [0.15, 0.2) is 41.3 Å². The van der Waals surface area contributed by atoms with E-state index < -0.39 is 22.0 Å². The van der Waals surface area contributed by atoms with Crippen LogP contribution >= 0.6 is 23.2 Å². The Morgan fingerprint density at radius 3 is 2.36 bits per heavy atom. The fourth-order valence-corrected chi connectivity index (χ4v) is 4.03. The van der Waals surface area contributed by atoms with Gasteiger partial charge in [0.1, 0.15) is 0 Å². The van der Waals surface area contributed by atoms with Crippen LogP contribution in [-0.4, -0.2) is 34.6 Å². The minimum Gasteiger partial charge on any atom is -0.493 e. The molecule has 0 saturated carbocycles. The summed E-state index contributed by atoms with van der Waals surface area (Å²) in [7, 11) is -1.10. The molecule has 0 fully saturated rings. The number of amides is 1. The molecular formula is C18H20Cl2N2O5S. The lowest BCUT2D eigenvalue weighted by atomic mass is 10.2. The zero-order valence-electron chi connectivity index (χ0n) is 15.5. The molecule has 0 aliphatic rings. The van der Waals surface area contributed by atoms with Crippen molar-refractivity contribution < 1.29 is 22.7 Å². The number of rotatable bonds is 8. The second-order valence-electron chi connectivity index (χ2n) is 5.81. The Balaban J connectivity index is 2.05. The highest BCUT2D eigenvalue weighted by Gasteiger charge is 2.23. The maximum atomic E-state index is 12.6. The van der Waals surface area contributed by atoms with Crippen LogP contribution in [0.2, 0.25) is 10.0 Å². The highest BCUT2D eigenvalue weighted by Crippen LogP contribution is 2.29. The Hall–Kier alpha value is -2.00. The molecule has 1 atom stereocenters. The largest absolute Gasteiger partial charge is 0.493 e. The van der Waals surface area contributed by atoms with Crippen LogP contribution in [0.4, 0.5) is 0 Å². The van der Waals surface area contributed by atoms with E-state index in [0.717, 1.165) is 0 Å². The molecule has 0 radical (unpaired) electrons. The molecule has 2 rings (SSSR count). The third-order valence-corrected chi connectivity index (χ3v) is 5.98. The lowest BCUT2D eigenvalue weighted by molar-refractivity contribution is -0.122. The van der Waals surface area contributed by atoms with E-state index in [9.17, 15) is 13.2 Å². The van der Waals surface area contributed by atoms with Crippen molar-refractivity contribution in [2.24, 2.45) is 0 Å². The summed E-state index contributed by atoms with van der Waals surface area (Å²) in [5.74, 6) is 0.155. The number of nitrogens with one attached hydrogen (secondary N) is 2. The van der Waals surface area contributed by atoms with Crippen LogP contribution in [0.25, 0.3) is 0 Å². The van der Waals surface area contributed by atoms with Crippen molar-refractivity contribution in [2.45, 2.75) is 24.4 Å². The van der Waals surface area contributed by atoms with Crippen LogP contribution in [0.3, 0.4) is 0 Å². The smallest absolute Gasteiger partial charge is 0.241 e. The fourth-order valence-electron chi connectivity index (χ4n) is 2.34. The van der Waals surface area contributed by atoms with E-state index in [-0.39, 0.29) is 17.2 Å². The molecule has 0 spiro atoms. The molecule has 2 aromatic carbocycles. The Morgan fingerprint density at radius 2 is 1.75 bits per heavy atom. The number of methoxy groups -OCH3 is 2. The van der Waals surface area contributed by atoms with E-state index in [1.165, 1.54) is 39.3 Å². The Labute approximate surface area is 174 Å². The molecule has 10 heteroatoms. The quantitative estimate of drug-likeness (QED) is 0.649. The highest BCUT2D eigenvalue weighted by atomic mass is 35.5. The molecule has 0 heterocycles. The monoisotopic (exact) mass is 446 g/mol. The van der Waals surface area contributed by atoms with Crippen molar-refractivity contribution in [3.8, 4) is 11.5 Å². The topological polar surface area (TPSA) is 93.7 Å². The van der Waals surface area contributed by atoms with Gasteiger partial charge in [-0.25, -0.2) is 8.42 Å². The van der Waals surface area contributed by atoms with E-state index in [4.69, 9.17) is 32.7 Å². The predicted molar refractivity (Wildman–Crippen MR) is 108 cm³/mol. The van der Waals surface area contributed by atoms with Crippen molar-refractivity contribution in [3.05, 3.63) is 52.0 Å². The lowest BCUT2D eigenvalue weighted by Crippen LogP contribution is -2.44. The van der Waals surface area contributed by atoms with Gasteiger partial charge in [-0.3, -0.25) is 4.79 Å². The number of halogens is 2. The van der Waals surface area contributed by atoms with Gasteiger partial charge in [-0.1, -0.05) is 29.3 Å². The maximum absolute atomic E-state index is 12.6. The molecular weight excluding hydrogens is 427 g/mol. The molecule has 2 N–H and O–H groups in total. The molecule has 0 aliphatic heterocycles. The number of hydrogen-bond acceptors (Lipinski definition) is 5. The molecule has 0 saturated heterocycles. The summed E-state index contributed by atoms with van der Waals surface area (Å²) in [6.45, 7) is 1.58. The number of benzene rings is 2. The van der Waals surface area contributed by atoms with Crippen molar-refractivity contribution in [1.29, 1.82) is 0 Å². The van der Waals surface area contributed by atoms with Gasteiger partial charge in [0.2, 0.25) is 15.9 Å². The minimum atomic E-state index is -3.95. The number of hydrogen-bond donors (Lipinski definition) is 2. The summed E-state index contributed by atoms with van der Waals surface area (Å²) in [6.07, 6.45) is 0. The van der Waals surface area contributed by atoms with Gasteiger partial charge in [0.25, 0.3) is 0 Å². The first-order valence-corrected chi connectivity index (χ1v) is 10.4. The lowest BCUT2D eigenvalue weighted by Gasteiger charge is -2.16. The third-order valence-electron chi connectivity index (χ3n) is 3.86. The summed E-state index contributed by atoms with van der Waals surface area (Å²) < 4.78 is 37.6. The second-order valence-corrected chi connectivity index (χ2v) is 8.37. The highest BCUT2D eigenvalue weighted by molar-refractivity contribution is 7.89. The van der Waals surface area contributed by atoms with Crippen LogP contribution in [0.1, 0.15) is 12.5 Å². The number of carbonyl (C=O) groups excluding carboxylic acids is 1. The van der Waals surface area contributed by atoms with Gasteiger partial charge in [-0.2, -0.15) is 4.72 Å². The minimum absolute atomic E-state index is 0.0504. The average molecular weight is 447 g/mol. The summed E-state index contributed by atoms with van der Waals surface area (Å²) in [6, 6.07) is 8.04. The van der Waals surface area contributed by atoms with E-state index in [1.807, 2.05) is 0 Å². The van der Waals surface area contributed by atoms with E-state index in [2.05, 4.69) is 10.0 Å². The summed E-state index contributed by atoms with van der Waals surface area (Å²) in [5, 5.41) is 3.53. The van der Waals surface area contributed by atoms with Gasteiger partial charge >= 0.3 is 0 Å². The summed E-state index contributed by atoms with van der Waals surface area (Å²) in [4.78, 5) is 12.2. The van der Waals surface area contributed by atoms with Gasteiger partial charge in [0.15, 0.2) is 11.5 Å². The van der Waals surface area contributed by atoms with Crippen molar-refractivity contribution in [2.75, 3.05) is 14.2 Å². The normalized spacial score (nSPS) is 12.3. The SMILES string of the molecule is COc1ccc(S(=O)(=O)NC(C)C(=O)NCc2ccc(Cl)cc2Cl)cc1OC. The molecule has 7 nitrogen and oxygen atoms in total.